The predicted molar refractivity (Wildman–Crippen MR) is 56.2 cm³/mol. The smallest absolute Gasteiger partial charge is 0.00724 e. The topological polar surface area (TPSA) is 0 Å². The molecule has 0 saturated carbocycles. The van der Waals surface area contributed by atoms with E-state index in [9.17, 15) is 0 Å². The Bertz CT molecular complexity index is 88.9. The fourth-order valence-electron chi connectivity index (χ4n) is 1.28. The molecule has 0 fully saturated rings. The lowest BCUT2D eigenvalue weighted by Crippen LogP contribution is -2.18. The van der Waals surface area contributed by atoms with Crippen molar-refractivity contribution >= 4 is 11.8 Å². The van der Waals surface area contributed by atoms with Crippen molar-refractivity contribution in [3.8, 4) is 0 Å². The van der Waals surface area contributed by atoms with Crippen LogP contribution in [-0.4, -0.2) is 11.0 Å². The lowest BCUT2D eigenvalue weighted by molar-refractivity contribution is 0.399. The summed E-state index contributed by atoms with van der Waals surface area (Å²) in [5.41, 5.74) is 0. The fraction of sp³-hybridized carbons (Fsp3) is 1.00. The molecular weight excluding hydrogens is 152 g/mol. The van der Waals surface area contributed by atoms with E-state index in [4.69, 9.17) is 0 Å². The van der Waals surface area contributed by atoms with Crippen LogP contribution in [0, 0.1) is 11.8 Å². The molecule has 0 rings (SSSR count). The third-order valence-electron chi connectivity index (χ3n) is 2.42. The van der Waals surface area contributed by atoms with Crippen LogP contribution >= 0.6 is 11.8 Å². The minimum absolute atomic E-state index is 0.832. The van der Waals surface area contributed by atoms with E-state index in [1.54, 1.807) is 0 Å². The first kappa shape index (κ1) is 11.4. The Balaban J connectivity index is 3.81. The first-order valence-corrected chi connectivity index (χ1v) is 5.79. The molecule has 1 heteroatoms. The van der Waals surface area contributed by atoms with Gasteiger partial charge in [0, 0.05) is 5.25 Å². The maximum atomic E-state index is 2.38. The Labute approximate surface area is 76.1 Å². The lowest BCUT2D eigenvalue weighted by atomic mass is 9.93. The van der Waals surface area contributed by atoms with Gasteiger partial charge in [-0.15, -0.1) is 0 Å². The van der Waals surface area contributed by atoms with Gasteiger partial charge >= 0.3 is 0 Å². The molecule has 68 valence electrons. The number of hydrogen-bond donors (Lipinski definition) is 0. The van der Waals surface area contributed by atoms with Crippen molar-refractivity contribution in [2.24, 2.45) is 11.8 Å². The Hall–Kier alpha value is 0.350. The van der Waals surface area contributed by atoms with Crippen LogP contribution in [0.2, 0.25) is 0 Å². The van der Waals surface area contributed by atoms with Gasteiger partial charge in [0.25, 0.3) is 0 Å². The summed E-state index contributed by atoms with van der Waals surface area (Å²) in [4.78, 5) is 0. The molecule has 0 aromatic rings. The minimum Gasteiger partial charge on any atom is -0.159 e. The van der Waals surface area contributed by atoms with E-state index in [-0.39, 0.29) is 0 Å². The summed E-state index contributed by atoms with van der Waals surface area (Å²) in [5, 5.41) is 0.875. The lowest BCUT2D eigenvalue weighted by Gasteiger charge is -2.24. The average Bonchev–Trinajstić information content (AvgIpc) is 1.98. The van der Waals surface area contributed by atoms with Gasteiger partial charge in [-0.2, -0.15) is 11.8 Å². The van der Waals surface area contributed by atoms with Crippen LogP contribution in [0.25, 0.3) is 0 Å². The van der Waals surface area contributed by atoms with Gasteiger partial charge in [0.15, 0.2) is 0 Å². The second kappa shape index (κ2) is 5.93. The third kappa shape index (κ3) is 4.05. The zero-order valence-electron chi connectivity index (χ0n) is 8.55. The summed E-state index contributed by atoms with van der Waals surface area (Å²) in [6.07, 6.45) is 1.32. The van der Waals surface area contributed by atoms with Crippen molar-refractivity contribution < 1.29 is 0 Å². The standard InChI is InChI=1S/C10H22S/c1-6-10(11-7-2)9(5)8(3)4/h8-10H,6-7H2,1-5H3. The van der Waals surface area contributed by atoms with Gasteiger partial charge in [-0.1, -0.05) is 34.6 Å². The maximum absolute atomic E-state index is 2.38. The molecule has 0 radical (unpaired) electrons. The highest BCUT2D eigenvalue weighted by Gasteiger charge is 2.17. The van der Waals surface area contributed by atoms with Crippen molar-refractivity contribution in [3.05, 3.63) is 0 Å². The molecule has 0 nitrogen and oxygen atoms in total. The van der Waals surface area contributed by atoms with Crippen LogP contribution in [0.1, 0.15) is 41.0 Å². The molecule has 2 atom stereocenters. The van der Waals surface area contributed by atoms with Crippen molar-refractivity contribution in [1.29, 1.82) is 0 Å². The number of thioether (sulfide) groups is 1. The van der Waals surface area contributed by atoms with E-state index in [1.807, 2.05) is 0 Å². The summed E-state index contributed by atoms with van der Waals surface area (Å²) in [6, 6.07) is 0. The molecule has 11 heavy (non-hydrogen) atoms. The molecule has 0 heterocycles. The molecule has 2 unspecified atom stereocenters. The zero-order chi connectivity index (χ0) is 8.85. The zero-order valence-corrected chi connectivity index (χ0v) is 9.37. The van der Waals surface area contributed by atoms with Gasteiger partial charge in [-0.3, -0.25) is 0 Å². The second-order valence-electron chi connectivity index (χ2n) is 3.51. The van der Waals surface area contributed by atoms with Crippen LogP contribution in [0.5, 0.6) is 0 Å². The largest absolute Gasteiger partial charge is 0.159 e. The first-order valence-electron chi connectivity index (χ1n) is 4.75. The minimum atomic E-state index is 0.832. The van der Waals surface area contributed by atoms with E-state index in [0.717, 1.165) is 17.1 Å². The molecule has 0 aromatic carbocycles. The summed E-state index contributed by atoms with van der Waals surface area (Å²) >= 11 is 2.11. The van der Waals surface area contributed by atoms with E-state index in [2.05, 4.69) is 46.4 Å². The van der Waals surface area contributed by atoms with Crippen LogP contribution < -0.4 is 0 Å². The Morgan fingerprint density at radius 3 is 1.91 bits per heavy atom. The van der Waals surface area contributed by atoms with Crippen molar-refractivity contribution in [1.82, 2.24) is 0 Å². The van der Waals surface area contributed by atoms with Crippen LogP contribution in [0.15, 0.2) is 0 Å². The Kier molecular flexibility index (Phi) is 6.12. The highest BCUT2D eigenvalue weighted by atomic mass is 32.2. The third-order valence-corrected chi connectivity index (χ3v) is 3.95. The normalized spacial score (nSPS) is 16.9. The second-order valence-corrected chi connectivity index (χ2v) is 5.02. The van der Waals surface area contributed by atoms with E-state index < -0.39 is 0 Å². The first-order chi connectivity index (χ1) is 5.13. The summed E-state index contributed by atoms with van der Waals surface area (Å²) < 4.78 is 0. The van der Waals surface area contributed by atoms with E-state index in [0.29, 0.717) is 0 Å². The monoisotopic (exact) mass is 174 g/mol. The Morgan fingerprint density at radius 1 is 1.09 bits per heavy atom. The van der Waals surface area contributed by atoms with Gasteiger partial charge < -0.3 is 0 Å². The van der Waals surface area contributed by atoms with Crippen molar-refractivity contribution in [2.45, 2.75) is 46.3 Å². The van der Waals surface area contributed by atoms with Crippen molar-refractivity contribution in [3.63, 3.8) is 0 Å². The quantitative estimate of drug-likeness (QED) is 0.611. The molecular formula is C10H22S. The average molecular weight is 174 g/mol. The van der Waals surface area contributed by atoms with Gasteiger partial charge in [0.05, 0.1) is 0 Å². The molecule has 0 aliphatic carbocycles. The predicted octanol–water partition coefficient (Wildman–Crippen LogP) is 3.81. The number of rotatable bonds is 5. The molecule has 0 amide bonds. The van der Waals surface area contributed by atoms with E-state index >= 15 is 0 Å². The highest BCUT2D eigenvalue weighted by Crippen LogP contribution is 2.27. The van der Waals surface area contributed by atoms with E-state index in [1.165, 1.54) is 12.2 Å². The van der Waals surface area contributed by atoms with Gasteiger partial charge in [-0.25, -0.2) is 0 Å². The summed E-state index contributed by atoms with van der Waals surface area (Å²) in [5.74, 6) is 2.96. The fourth-order valence-corrected chi connectivity index (χ4v) is 2.57. The highest BCUT2D eigenvalue weighted by molar-refractivity contribution is 7.99. The number of hydrogen-bond acceptors (Lipinski definition) is 1. The van der Waals surface area contributed by atoms with Gasteiger partial charge in [-0.05, 0) is 24.0 Å². The van der Waals surface area contributed by atoms with Gasteiger partial charge in [0.2, 0.25) is 0 Å². The molecule has 0 spiro atoms. The molecule has 0 aliphatic heterocycles. The van der Waals surface area contributed by atoms with Crippen LogP contribution in [0.4, 0.5) is 0 Å². The summed E-state index contributed by atoms with van der Waals surface area (Å²) in [6.45, 7) is 11.6. The molecule has 0 aromatic heterocycles. The summed E-state index contributed by atoms with van der Waals surface area (Å²) in [7, 11) is 0. The Morgan fingerprint density at radius 2 is 1.64 bits per heavy atom. The van der Waals surface area contributed by atoms with Crippen LogP contribution in [0.3, 0.4) is 0 Å². The van der Waals surface area contributed by atoms with Crippen LogP contribution in [-0.2, 0) is 0 Å². The molecule has 0 bridgehead atoms. The van der Waals surface area contributed by atoms with Gasteiger partial charge in [0.1, 0.15) is 0 Å². The molecule has 0 saturated heterocycles. The molecule has 0 aliphatic rings. The maximum Gasteiger partial charge on any atom is 0.00724 e. The molecule has 0 N–H and O–H groups in total. The SMILES string of the molecule is CCSC(CC)C(C)C(C)C. The van der Waals surface area contributed by atoms with Crippen molar-refractivity contribution in [2.75, 3.05) is 5.75 Å².